The van der Waals surface area contributed by atoms with Gasteiger partial charge in [0, 0.05) is 33.4 Å². The molecule has 14 aromatic rings. The summed E-state index contributed by atoms with van der Waals surface area (Å²) in [5.41, 5.74) is 13.4. The quantitative estimate of drug-likeness (QED) is 0.174. The smallest absolute Gasteiger partial charge is 0.236 e. The highest BCUT2D eigenvalue weighted by atomic mass is 15.2. The van der Waals surface area contributed by atoms with Crippen molar-refractivity contribution in [2.75, 3.05) is 0 Å². The van der Waals surface area contributed by atoms with Crippen molar-refractivity contribution in [1.29, 1.82) is 0 Å². The first-order valence-electron chi connectivity index (χ1n) is 23.2. The van der Waals surface area contributed by atoms with Gasteiger partial charge in [0.25, 0.3) is 0 Å². The summed E-state index contributed by atoms with van der Waals surface area (Å²) in [7, 11) is 0. The number of hydrogen-bond acceptors (Lipinski definition) is 2. The molecule has 2 aliphatic carbocycles. The van der Waals surface area contributed by atoms with Gasteiger partial charge in [-0.15, -0.1) is 0 Å². The van der Waals surface area contributed by atoms with Crippen molar-refractivity contribution in [3.05, 3.63) is 219 Å². The van der Waals surface area contributed by atoms with Crippen LogP contribution in [-0.4, -0.2) is 27.9 Å². The summed E-state index contributed by atoms with van der Waals surface area (Å²) in [4.78, 5) is 11.1. The summed E-state index contributed by atoms with van der Waals surface area (Å²) in [5.74, 6) is 0.624. The Morgan fingerprint density at radius 3 is 1.34 bits per heavy atom. The molecule has 0 spiro atoms. The Morgan fingerprint density at radius 2 is 0.721 bits per heavy atom. The Morgan fingerprint density at radius 1 is 0.294 bits per heavy atom. The molecule has 0 atom stereocenters. The summed E-state index contributed by atoms with van der Waals surface area (Å²) in [6.07, 6.45) is 2.08. The maximum Gasteiger partial charge on any atom is 0.236 e. The first kappa shape index (κ1) is 36.0. The minimum absolute atomic E-state index is 0.624. The van der Waals surface area contributed by atoms with Crippen molar-refractivity contribution in [3.63, 3.8) is 0 Å². The van der Waals surface area contributed by atoms with Crippen LogP contribution in [0.5, 0.6) is 0 Å². The Bertz CT molecular complexity index is 4870. The first-order chi connectivity index (χ1) is 33.8. The van der Waals surface area contributed by atoms with E-state index in [4.69, 9.17) is 9.97 Å². The van der Waals surface area contributed by atoms with Gasteiger partial charge in [0.1, 0.15) is 11.3 Å². The zero-order valence-corrected chi connectivity index (χ0v) is 36.5. The largest absolute Gasteiger partial charge is 0.294 e. The van der Waals surface area contributed by atoms with Crippen LogP contribution in [0.1, 0.15) is 0 Å². The zero-order valence-electron chi connectivity index (χ0n) is 36.5. The predicted octanol–water partition coefficient (Wildman–Crippen LogP) is 15.8. The van der Waals surface area contributed by atoms with Crippen molar-refractivity contribution < 1.29 is 0 Å². The van der Waals surface area contributed by atoms with Crippen LogP contribution in [0.25, 0.3) is 143 Å². The lowest BCUT2D eigenvalue weighted by atomic mass is 9.84. The number of benzene rings is 9. The summed E-state index contributed by atoms with van der Waals surface area (Å²) >= 11 is 0. The van der Waals surface area contributed by atoms with E-state index in [0.29, 0.717) is 5.95 Å². The molecular formula is C62H36N6. The van der Waals surface area contributed by atoms with Crippen LogP contribution in [0.3, 0.4) is 0 Å². The molecule has 0 N–H and O–H groups in total. The molecule has 0 aliphatic heterocycles. The topological polar surface area (TPSA) is 44.5 Å². The summed E-state index contributed by atoms with van der Waals surface area (Å²) in [6.45, 7) is 0. The number of aromatic nitrogens is 6. The van der Waals surface area contributed by atoms with Crippen molar-refractivity contribution >= 4 is 120 Å². The second kappa shape index (κ2) is 13.2. The summed E-state index contributed by atoms with van der Waals surface area (Å²) in [5, 5.41) is 15.2. The molecule has 5 aromatic heterocycles. The van der Waals surface area contributed by atoms with E-state index in [1.165, 1.54) is 65.3 Å². The SMILES string of the molecule is c1ccc2c(c1)cc1n(-c3ccc4cc5n(-c6ncc7c8cccc9c8-c8c(cccc8c8ccccc8c7n6)c6ccccc6c6ccccc96)c6ccccc6n5c4c3)c3ccccc3n21. The number of fused-ring (bicyclic) bond motifs is 20. The molecule has 9 aromatic carbocycles. The summed E-state index contributed by atoms with van der Waals surface area (Å²) < 4.78 is 9.41. The van der Waals surface area contributed by atoms with Crippen LogP contribution >= 0.6 is 0 Å². The number of imidazole rings is 2. The van der Waals surface area contributed by atoms with Gasteiger partial charge in [0.05, 0.1) is 38.6 Å². The molecule has 0 unspecified atom stereocenters. The van der Waals surface area contributed by atoms with E-state index in [1.54, 1.807) is 0 Å². The number of nitrogens with zero attached hydrogens (tertiary/aromatic N) is 6. The molecule has 5 heterocycles. The molecular weight excluding hydrogens is 829 g/mol. The van der Waals surface area contributed by atoms with E-state index in [2.05, 4.69) is 236 Å². The molecule has 6 nitrogen and oxygen atoms in total. The maximum absolute atomic E-state index is 5.71. The molecule has 0 radical (unpaired) electrons. The van der Waals surface area contributed by atoms with Gasteiger partial charge >= 0.3 is 0 Å². The van der Waals surface area contributed by atoms with Crippen LogP contribution in [0, 0.1) is 0 Å². The highest BCUT2D eigenvalue weighted by Gasteiger charge is 2.23. The van der Waals surface area contributed by atoms with E-state index in [-0.39, 0.29) is 0 Å². The second-order valence-corrected chi connectivity index (χ2v) is 18.2. The van der Waals surface area contributed by atoms with E-state index in [0.717, 1.165) is 71.5 Å². The van der Waals surface area contributed by atoms with E-state index in [1.807, 2.05) is 0 Å². The fourth-order valence-electron chi connectivity index (χ4n) is 12.0. The normalized spacial score (nSPS) is 12.4. The lowest BCUT2D eigenvalue weighted by molar-refractivity contribution is 1.00. The van der Waals surface area contributed by atoms with Crippen LogP contribution in [0.15, 0.2) is 219 Å². The Balaban J connectivity index is 1.01. The van der Waals surface area contributed by atoms with Crippen LogP contribution in [0.4, 0.5) is 0 Å². The fourth-order valence-corrected chi connectivity index (χ4v) is 12.0. The van der Waals surface area contributed by atoms with Gasteiger partial charge in [0.15, 0.2) is 0 Å². The zero-order chi connectivity index (χ0) is 44.2. The lowest BCUT2D eigenvalue weighted by Gasteiger charge is -2.19. The third kappa shape index (κ3) is 4.65. The molecule has 68 heavy (non-hydrogen) atoms. The summed E-state index contributed by atoms with van der Waals surface area (Å²) in [6, 6.07) is 77.5. The standard InChI is InChI=1S/C62H36N6/c1-8-26-51-37(15-1)33-57-65(52-27-9-10-28-53(52)66(51)57)39-32-31-38-34-58-67(56(38)35-39)54-29-11-12-30-55(54)68(58)62-63-36-50-48-25-14-23-46-43-19-5-3-17-41(43)40-16-2-4-18-42(40)45-22-13-24-47(59(45)60(46)48)44-20-6-7-21-49(44)61(50)64-62/h1-36H. The number of hydrogen-bond donors (Lipinski definition) is 0. The Kier molecular flexibility index (Phi) is 6.98. The molecule has 0 amide bonds. The van der Waals surface area contributed by atoms with Gasteiger partial charge < -0.3 is 0 Å². The molecule has 0 bridgehead atoms. The van der Waals surface area contributed by atoms with E-state index >= 15 is 0 Å². The molecule has 0 fully saturated rings. The minimum Gasteiger partial charge on any atom is -0.294 e. The third-order valence-corrected chi connectivity index (χ3v) is 14.7. The molecule has 0 saturated carbocycles. The number of para-hydroxylation sites is 5. The molecule has 314 valence electrons. The van der Waals surface area contributed by atoms with Crippen LogP contribution < -0.4 is 0 Å². The van der Waals surface area contributed by atoms with Crippen molar-refractivity contribution in [2.24, 2.45) is 0 Å². The van der Waals surface area contributed by atoms with Gasteiger partial charge in [-0.2, -0.15) is 0 Å². The predicted molar refractivity (Wildman–Crippen MR) is 283 cm³/mol. The Hall–Kier alpha value is -9.26. The van der Waals surface area contributed by atoms with Crippen LogP contribution in [0.2, 0.25) is 0 Å². The molecule has 16 rings (SSSR count). The van der Waals surface area contributed by atoms with Crippen molar-refractivity contribution in [3.8, 4) is 22.8 Å². The van der Waals surface area contributed by atoms with Gasteiger partial charge in [-0.3, -0.25) is 17.9 Å². The van der Waals surface area contributed by atoms with E-state index in [9.17, 15) is 0 Å². The van der Waals surface area contributed by atoms with Crippen molar-refractivity contribution in [1.82, 2.24) is 27.9 Å². The van der Waals surface area contributed by atoms with Gasteiger partial charge in [0.2, 0.25) is 5.95 Å². The van der Waals surface area contributed by atoms with Crippen LogP contribution in [-0.2, 0) is 0 Å². The molecule has 0 saturated heterocycles. The average Bonchev–Trinajstić information content (AvgIpc) is 4.14. The third-order valence-electron chi connectivity index (χ3n) is 14.7. The van der Waals surface area contributed by atoms with Crippen molar-refractivity contribution in [2.45, 2.75) is 0 Å². The number of rotatable bonds is 2. The van der Waals surface area contributed by atoms with Gasteiger partial charge in [-0.1, -0.05) is 158 Å². The second-order valence-electron chi connectivity index (χ2n) is 18.2. The van der Waals surface area contributed by atoms with Gasteiger partial charge in [-0.25, -0.2) is 9.97 Å². The lowest BCUT2D eigenvalue weighted by Crippen LogP contribution is -2.01. The average molecular weight is 865 g/mol. The Labute approximate surface area is 387 Å². The first-order valence-corrected chi connectivity index (χ1v) is 23.2. The van der Waals surface area contributed by atoms with E-state index < -0.39 is 0 Å². The maximum atomic E-state index is 5.71. The molecule has 2 aliphatic rings. The highest BCUT2D eigenvalue weighted by Crippen LogP contribution is 2.47. The fraction of sp³-hybridized carbons (Fsp3) is 0. The minimum atomic E-state index is 0.624. The monoisotopic (exact) mass is 864 g/mol. The highest BCUT2D eigenvalue weighted by molar-refractivity contribution is 6.31. The van der Waals surface area contributed by atoms with Gasteiger partial charge in [-0.05, 0) is 114 Å². The molecule has 6 heteroatoms.